The Morgan fingerprint density at radius 3 is 2.83 bits per heavy atom. The number of hydrogen-bond donors (Lipinski definition) is 0. The van der Waals surface area contributed by atoms with Crippen molar-refractivity contribution in [3.63, 3.8) is 0 Å². The van der Waals surface area contributed by atoms with E-state index in [1.807, 2.05) is 6.08 Å². The van der Waals surface area contributed by atoms with Crippen LogP contribution in [0.3, 0.4) is 0 Å². The van der Waals surface area contributed by atoms with Crippen molar-refractivity contribution >= 4 is 0 Å². The molecule has 0 heterocycles. The fourth-order valence-electron chi connectivity index (χ4n) is 1.04. The number of nitriles is 1. The van der Waals surface area contributed by atoms with E-state index in [0.29, 0.717) is 6.42 Å². The molecule has 0 amide bonds. The van der Waals surface area contributed by atoms with Crippen molar-refractivity contribution in [2.45, 2.75) is 39.0 Å². The maximum Gasteiger partial charge on any atom is 0.0621 e. The van der Waals surface area contributed by atoms with Crippen molar-refractivity contribution in [3.05, 3.63) is 24.3 Å². The van der Waals surface area contributed by atoms with Crippen LogP contribution in [0.25, 0.3) is 0 Å². The summed E-state index contributed by atoms with van der Waals surface area (Å²) in [7, 11) is 0. The van der Waals surface area contributed by atoms with Crippen LogP contribution >= 0.6 is 0 Å². The Kier molecular flexibility index (Phi) is 7.38. The van der Waals surface area contributed by atoms with Crippen LogP contribution in [0.5, 0.6) is 0 Å². The van der Waals surface area contributed by atoms with Gasteiger partial charge in [-0.25, -0.2) is 0 Å². The number of allylic oxidation sites excluding steroid dienone is 3. The second kappa shape index (κ2) is 8.07. The summed E-state index contributed by atoms with van der Waals surface area (Å²) in [6.07, 6.45) is 8.93. The largest absolute Gasteiger partial charge is 0.198 e. The molecule has 1 nitrogen and oxygen atoms in total. The topological polar surface area (TPSA) is 23.8 Å². The van der Waals surface area contributed by atoms with Crippen LogP contribution in [-0.2, 0) is 0 Å². The van der Waals surface area contributed by atoms with Crippen molar-refractivity contribution < 1.29 is 0 Å². The monoisotopic (exact) mass is 163 g/mol. The third-order valence-electron chi connectivity index (χ3n) is 1.79. The van der Waals surface area contributed by atoms with Crippen molar-refractivity contribution in [1.29, 1.82) is 5.26 Å². The first-order chi connectivity index (χ1) is 5.85. The molecule has 0 unspecified atom stereocenters. The van der Waals surface area contributed by atoms with Crippen LogP contribution in [0, 0.1) is 11.3 Å². The highest BCUT2D eigenvalue weighted by Gasteiger charge is 1.90. The van der Waals surface area contributed by atoms with Gasteiger partial charge in [0.05, 0.1) is 6.07 Å². The number of nitrogens with zero attached hydrogens (tertiary/aromatic N) is 1. The van der Waals surface area contributed by atoms with Crippen molar-refractivity contribution in [2.24, 2.45) is 0 Å². The third-order valence-corrected chi connectivity index (χ3v) is 1.79. The Morgan fingerprint density at radius 2 is 2.33 bits per heavy atom. The zero-order valence-corrected chi connectivity index (χ0v) is 7.84. The molecule has 0 aliphatic heterocycles. The molecule has 0 atom stereocenters. The summed E-state index contributed by atoms with van der Waals surface area (Å²) in [6.45, 7) is 5.85. The summed E-state index contributed by atoms with van der Waals surface area (Å²) in [6, 6.07) is 2.14. The van der Waals surface area contributed by atoms with Gasteiger partial charge in [-0.15, -0.1) is 6.58 Å². The normalized spacial score (nSPS) is 10.8. The zero-order chi connectivity index (χ0) is 9.23. The number of unbranched alkanes of at least 4 members (excludes halogenated alkanes) is 2. The van der Waals surface area contributed by atoms with E-state index in [9.17, 15) is 0 Å². The molecule has 0 aliphatic carbocycles. The lowest BCUT2D eigenvalue weighted by atomic mass is 10.1. The van der Waals surface area contributed by atoms with Gasteiger partial charge >= 0.3 is 0 Å². The summed E-state index contributed by atoms with van der Waals surface area (Å²) < 4.78 is 0. The number of hydrogen-bond acceptors (Lipinski definition) is 1. The van der Waals surface area contributed by atoms with Crippen LogP contribution in [0.4, 0.5) is 0 Å². The first-order valence-corrected chi connectivity index (χ1v) is 4.50. The molecule has 1 heteroatoms. The lowest BCUT2D eigenvalue weighted by Crippen LogP contribution is -1.79. The zero-order valence-electron chi connectivity index (χ0n) is 7.84. The quantitative estimate of drug-likeness (QED) is 0.433. The van der Waals surface area contributed by atoms with Crippen LogP contribution in [0.15, 0.2) is 24.3 Å². The van der Waals surface area contributed by atoms with Gasteiger partial charge in [0.15, 0.2) is 0 Å². The van der Waals surface area contributed by atoms with Gasteiger partial charge in [0.25, 0.3) is 0 Å². The highest BCUT2D eigenvalue weighted by Crippen LogP contribution is 2.09. The van der Waals surface area contributed by atoms with Gasteiger partial charge in [-0.05, 0) is 25.7 Å². The fraction of sp³-hybridized carbons (Fsp3) is 0.545. The minimum Gasteiger partial charge on any atom is -0.198 e. The smallest absolute Gasteiger partial charge is 0.0621 e. The Labute approximate surface area is 75.4 Å². The molecule has 66 valence electrons. The molecule has 0 aliphatic rings. The second-order valence-electron chi connectivity index (χ2n) is 2.76. The molecule has 0 radical (unpaired) electrons. The van der Waals surface area contributed by atoms with E-state index in [-0.39, 0.29) is 0 Å². The third kappa shape index (κ3) is 5.73. The summed E-state index contributed by atoms with van der Waals surface area (Å²) >= 11 is 0. The Morgan fingerprint density at radius 1 is 1.58 bits per heavy atom. The van der Waals surface area contributed by atoms with Gasteiger partial charge in [-0.2, -0.15) is 5.26 Å². The average molecular weight is 163 g/mol. The minimum absolute atomic E-state index is 0.668. The molecule has 0 saturated carbocycles. The molecular formula is C11H17N. The lowest BCUT2D eigenvalue weighted by molar-refractivity contribution is 0.858. The van der Waals surface area contributed by atoms with E-state index >= 15 is 0 Å². The maximum absolute atomic E-state index is 8.31. The molecule has 0 aromatic rings. The summed E-state index contributed by atoms with van der Waals surface area (Å²) in [4.78, 5) is 0. The molecule has 0 spiro atoms. The van der Waals surface area contributed by atoms with Gasteiger partial charge < -0.3 is 0 Å². The Balaban J connectivity index is 3.63. The van der Waals surface area contributed by atoms with E-state index in [0.717, 1.165) is 25.7 Å². The first kappa shape index (κ1) is 11.0. The van der Waals surface area contributed by atoms with Crippen molar-refractivity contribution in [1.82, 2.24) is 0 Å². The lowest BCUT2D eigenvalue weighted by Gasteiger charge is -1.98. The van der Waals surface area contributed by atoms with E-state index in [1.165, 1.54) is 5.57 Å². The van der Waals surface area contributed by atoms with E-state index in [1.54, 1.807) is 0 Å². The molecule has 0 aromatic carbocycles. The van der Waals surface area contributed by atoms with Crippen LogP contribution < -0.4 is 0 Å². The molecule has 0 aromatic heterocycles. The van der Waals surface area contributed by atoms with Gasteiger partial charge in [0.1, 0.15) is 0 Å². The van der Waals surface area contributed by atoms with Crippen LogP contribution in [-0.4, -0.2) is 0 Å². The van der Waals surface area contributed by atoms with Gasteiger partial charge in [-0.3, -0.25) is 0 Å². The van der Waals surface area contributed by atoms with Gasteiger partial charge in [0, 0.05) is 6.42 Å². The molecule has 12 heavy (non-hydrogen) atoms. The molecule has 0 saturated heterocycles. The predicted octanol–water partition coefficient (Wildman–Crippen LogP) is 3.59. The summed E-state index contributed by atoms with van der Waals surface area (Å²) in [5.74, 6) is 0. The van der Waals surface area contributed by atoms with Crippen LogP contribution in [0.1, 0.15) is 39.0 Å². The van der Waals surface area contributed by atoms with E-state index in [4.69, 9.17) is 5.26 Å². The molecule has 0 fully saturated rings. The average Bonchev–Trinajstić information content (AvgIpc) is 2.10. The van der Waals surface area contributed by atoms with E-state index < -0.39 is 0 Å². The highest BCUT2D eigenvalue weighted by atomic mass is 14.2. The Hall–Kier alpha value is -1.03. The molecule has 0 bridgehead atoms. The fourth-order valence-corrected chi connectivity index (χ4v) is 1.04. The second-order valence-corrected chi connectivity index (χ2v) is 2.76. The summed E-state index contributed by atoms with van der Waals surface area (Å²) in [5.41, 5.74) is 1.43. The molecule has 0 rings (SSSR count). The molecular weight excluding hydrogens is 146 g/mol. The predicted molar refractivity (Wildman–Crippen MR) is 52.7 cm³/mol. The highest BCUT2D eigenvalue weighted by molar-refractivity contribution is 5.05. The van der Waals surface area contributed by atoms with E-state index in [2.05, 4.69) is 25.6 Å². The van der Waals surface area contributed by atoms with Crippen molar-refractivity contribution in [2.75, 3.05) is 0 Å². The van der Waals surface area contributed by atoms with Crippen molar-refractivity contribution in [3.8, 4) is 6.07 Å². The summed E-state index contributed by atoms with van der Waals surface area (Å²) in [5, 5.41) is 8.31. The Bertz CT molecular complexity index is 184. The minimum atomic E-state index is 0.668. The SMILES string of the molecule is C=CC/C(=C/CCCC#N)CC. The number of rotatable bonds is 6. The van der Waals surface area contributed by atoms with Gasteiger partial charge in [-0.1, -0.05) is 24.6 Å². The maximum atomic E-state index is 8.31. The standard InChI is InChI=1S/C11H17N/c1-3-8-11(4-2)9-6-5-7-10-12/h3,9H,1,4-8H2,2H3/b11-9+. The van der Waals surface area contributed by atoms with Gasteiger partial charge in [0.2, 0.25) is 0 Å². The molecule has 0 N–H and O–H groups in total. The van der Waals surface area contributed by atoms with Crippen LogP contribution in [0.2, 0.25) is 0 Å². The first-order valence-electron chi connectivity index (χ1n) is 4.50.